The maximum absolute atomic E-state index is 9.58. The number of thiazole rings is 2. The highest BCUT2D eigenvalue weighted by Crippen LogP contribution is 2.27. The molecule has 0 atom stereocenters. The monoisotopic (exact) mass is 401 g/mol. The van der Waals surface area contributed by atoms with E-state index in [1.807, 2.05) is 71.4 Å². The van der Waals surface area contributed by atoms with Crippen LogP contribution in [0.1, 0.15) is 16.3 Å². The molecule has 0 radical (unpaired) electrons. The molecule has 0 aliphatic heterocycles. The van der Waals surface area contributed by atoms with Crippen molar-refractivity contribution in [2.24, 2.45) is 0 Å². The summed E-state index contributed by atoms with van der Waals surface area (Å²) in [6, 6.07) is 19.9. The minimum absolute atomic E-state index is 0.448. The predicted octanol–water partition coefficient (Wildman–Crippen LogP) is 5.91. The molecule has 0 aliphatic carbocycles. The second-order valence-corrected chi connectivity index (χ2v) is 7.49. The first-order valence-corrected chi connectivity index (χ1v) is 10.4. The van der Waals surface area contributed by atoms with Gasteiger partial charge in [0.2, 0.25) is 0 Å². The van der Waals surface area contributed by atoms with Crippen molar-refractivity contribution in [3.8, 4) is 23.1 Å². The Morgan fingerprint density at radius 2 is 1.89 bits per heavy atom. The van der Waals surface area contributed by atoms with E-state index in [0.29, 0.717) is 17.2 Å². The zero-order chi connectivity index (χ0) is 19.2. The van der Waals surface area contributed by atoms with Gasteiger partial charge >= 0.3 is 0 Å². The Morgan fingerprint density at radius 1 is 1.07 bits per heavy atom. The molecule has 0 fully saturated rings. The molecule has 0 unspecified atom stereocenters. The molecular formula is C22H15N3OS2. The third-order valence-corrected chi connectivity index (χ3v) is 5.50. The van der Waals surface area contributed by atoms with Crippen LogP contribution in [0.2, 0.25) is 0 Å². The fourth-order valence-corrected chi connectivity index (χ4v) is 3.91. The van der Waals surface area contributed by atoms with Gasteiger partial charge in [0.15, 0.2) is 0 Å². The van der Waals surface area contributed by atoms with Crippen LogP contribution in [0, 0.1) is 11.3 Å². The summed E-state index contributed by atoms with van der Waals surface area (Å²) in [6.07, 6.45) is 1.85. The van der Waals surface area contributed by atoms with Crippen LogP contribution in [0.4, 0.5) is 0 Å². The van der Waals surface area contributed by atoms with E-state index >= 15 is 0 Å². The van der Waals surface area contributed by atoms with Gasteiger partial charge in [0.1, 0.15) is 23.4 Å². The van der Waals surface area contributed by atoms with E-state index in [4.69, 9.17) is 4.74 Å². The van der Waals surface area contributed by atoms with Gasteiger partial charge in [-0.3, -0.25) is 0 Å². The third-order valence-electron chi connectivity index (χ3n) is 3.99. The quantitative estimate of drug-likeness (QED) is 0.377. The van der Waals surface area contributed by atoms with Crippen molar-refractivity contribution in [1.29, 1.82) is 5.26 Å². The number of hydrogen-bond donors (Lipinski definition) is 0. The number of hydrogen-bond acceptors (Lipinski definition) is 6. The standard InChI is InChI=1S/C22H15N3OS2/c23-11-18(22-25-21(14-28-22)17-4-2-1-3-5-17)10-16-6-8-20(9-7-16)26-12-19-13-27-15-24-19/h1-10,13-15H,12H2/b18-10+. The SMILES string of the molecule is N#C/C(=C\c1ccc(OCc2cscn2)cc1)c1nc(-c2ccccc2)cs1. The normalized spacial score (nSPS) is 11.2. The average Bonchev–Trinajstić information content (AvgIpc) is 3.44. The minimum atomic E-state index is 0.448. The Kier molecular flexibility index (Phi) is 5.57. The van der Waals surface area contributed by atoms with Crippen LogP contribution >= 0.6 is 22.7 Å². The molecule has 4 aromatic rings. The van der Waals surface area contributed by atoms with Gasteiger partial charge in [-0.05, 0) is 23.8 Å². The summed E-state index contributed by atoms with van der Waals surface area (Å²) in [4.78, 5) is 8.82. The molecule has 0 N–H and O–H groups in total. The number of nitrogens with zero attached hydrogens (tertiary/aromatic N) is 3. The first-order chi connectivity index (χ1) is 13.8. The minimum Gasteiger partial charge on any atom is -0.487 e. The van der Waals surface area contributed by atoms with E-state index < -0.39 is 0 Å². The lowest BCUT2D eigenvalue weighted by Crippen LogP contribution is -1.95. The van der Waals surface area contributed by atoms with Gasteiger partial charge < -0.3 is 4.74 Å². The fourth-order valence-electron chi connectivity index (χ4n) is 2.57. The molecular weight excluding hydrogens is 386 g/mol. The lowest BCUT2D eigenvalue weighted by molar-refractivity contribution is 0.302. The van der Waals surface area contributed by atoms with E-state index in [1.54, 1.807) is 16.8 Å². The van der Waals surface area contributed by atoms with Gasteiger partial charge in [0, 0.05) is 16.3 Å². The van der Waals surface area contributed by atoms with Crippen LogP contribution in [0.5, 0.6) is 5.75 Å². The van der Waals surface area contributed by atoms with Gasteiger partial charge in [0.25, 0.3) is 0 Å². The smallest absolute Gasteiger partial charge is 0.134 e. The summed E-state index contributed by atoms with van der Waals surface area (Å²) >= 11 is 3.02. The Bertz CT molecular complexity index is 1110. The zero-order valence-electron chi connectivity index (χ0n) is 14.8. The Balaban J connectivity index is 1.49. The molecule has 2 aromatic heterocycles. The molecule has 28 heavy (non-hydrogen) atoms. The second-order valence-electron chi connectivity index (χ2n) is 5.91. The molecule has 136 valence electrons. The molecule has 0 saturated carbocycles. The van der Waals surface area contributed by atoms with Gasteiger partial charge in [-0.25, -0.2) is 9.97 Å². The van der Waals surface area contributed by atoms with E-state index in [-0.39, 0.29) is 0 Å². The van der Waals surface area contributed by atoms with Gasteiger partial charge in [0.05, 0.1) is 22.5 Å². The Morgan fingerprint density at radius 3 is 2.61 bits per heavy atom. The average molecular weight is 402 g/mol. The van der Waals surface area contributed by atoms with E-state index in [2.05, 4.69) is 16.0 Å². The van der Waals surface area contributed by atoms with Crippen LogP contribution < -0.4 is 4.74 Å². The molecule has 0 amide bonds. The highest BCUT2D eigenvalue weighted by molar-refractivity contribution is 7.11. The van der Waals surface area contributed by atoms with Crippen LogP contribution in [-0.2, 0) is 6.61 Å². The van der Waals surface area contributed by atoms with E-state index in [1.165, 1.54) is 11.3 Å². The van der Waals surface area contributed by atoms with Crippen molar-refractivity contribution >= 4 is 34.3 Å². The Hall–Kier alpha value is -3.27. The summed E-state index contributed by atoms with van der Waals surface area (Å²) in [6.45, 7) is 0.448. The molecule has 0 bridgehead atoms. The largest absolute Gasteiger partial charge is 0.487 e. The molecule has 4 rings (SSSR count). The van der Waals surface area contributed by atoms with Crippen molar-refractivity contribution in [2.45, 2.75) is 6.61 Å². The second kappa shape index (κ2) is 8.61. The summed E-state index contributed by atoms with van der Waals surface area (Å²) in [5.74, 6) is 0.768. The molecule has 0 spiro atoms. The summed E-state index contributed by atoms with van der Waals surface area (Å²) in [7, 11) is 0. The maximum atomic E-state index is 9.58. The first kappa shape index (κ1) is 18.1. The number of ether oxygens (including phenoxy) is 1. The number of benzene rings is 2. The topological polar surface area (TPSA) is 58.8 Å². The van der Waals surface area contributed by atoms with Crippen LogP contribution in [-0.4, -0.2) is 9.97 Å². The van der Waals surface area contributed by atoms with Crippen molar-refractivity contribution < 1.29 is 4.74 Å². The van der Waals surface area contributed by atoms with Gasteiger partial charge in [-0.1, -0.05) is 42.5 Å². The molecule has 4 nitrogen and oxygen atoms in total. The molecule has 0 saturated heterocycles. The van der Waals surface area contributed by atoms with Crippen LogP contribution in [0.25, 0.3) is 22.9 Å². The van der Waals surface area contributed by atoms with Crippen molar-refractivity contribution in [3.63, 3.8) is 0 Å². The number of allylic oxidation sites excluding steroid dienone is 1. The molecule has 2 aromatic carbocycles. The summed E-state index contributed by atoms with van der Waals surface area (Å²) in [5, 5.41) is 14.2. The summed E-state index contributed by atoms with van der Waals surface area (Å²) < 4.78 is 5.72. The van der Waals surface area contributed by atoms with E-state index in [0.717, 1.165) is 28.3 Å². The van der Waals surface area contributed by atoms with Crippen LogP contribution in [0.15, 0.2) is 70.9 Å². The maximum Gasteiger partial charge on any atom is 0.134 e. The first-order valence-electron chi connectivity index (χ1n) is 8.55. The number of aromatic nitrogens is 2. The van der Waals surface area contributed by atoms with Crippen molar-refractivity contribution in [2.75, 3.05) is 0 Å². The fraction of sp³-hybridized carbons (Fsp3) is 0.0455. The van der Waals surface area contributed by atoms with Crippen molar-refractivity contribution in [1.82, 2.24) is 9.97 Å². The lowest BCUT2D eigenvalue weighted by Gasteiger charge is -2.04. The molecule has 2 heterocycles. The Labute approximate surface area is 171 Å². The van der Waals surface area contributed by atoms with Crippen LogP contribution in [0.3, 0.4) is 0 Å². The highest BCUT2D eigenvalue weighted by Gasteiger charge is 2.09. The predicted molar refractivity (Wildman–Crippen MR) is 114 cm³/mol. The lowest BCUT2D eigenvalue weighted by atomic mass is 10.1. The summed E-state index contributed by atoms with van der Waals surface area (Å²) in [5.41, 5.74) is 6.10. The molecule has 6 heteroatoms. The van der Waals surface area contributed by atoms with Crippen molar-refractivity contribution in [3.05, 3.63) is 87.1 Å². The number of rotatable bonds is 6. The van der Waals surface area contributed by atoms with Gasteiger partial charge in [-0.15, -0.1) is 22.7 Å². The van der Waals surface area contributed by atoms with E-state index in [9.17, 15) is 5.26 Å². The van der Waals surface area contributed by atoms with Gasteiger partial charge in [-0.2, -0.15) is 5.26 Å². The number of nitriles is 1. The molecule has 0 aliphatic rings. The third kappa shape index (κ3) is 4.34. The highest BCUT2D eigenvalue weighted by atomic mass is 32.1. The zero-order valence-corrected chi connectivity index (χ0v) is 16.4.